The number of rotatable bonds is 5. The third-order valence-electron chi connectivity index (χ3n) is 6.83. The number of sulfonamides is 1. The molecular weight excluding hydrogens is 464 g/mol. The van der Waals surface area contributed by atoms with Gasteiger partial charge in [0.2, 0.25) is 11.8 Å². The fourth-order valence-corrected chi connectivity index (χ4v) is 5.96. The van der Waals surface area contributed by atoms with Crippen molar-refractivity contribution in [3.8, 4) is 17.0 Å². The largest absolute Gasteiger partial charge is 0.480 e. The van der Waals surface area contributed by atoms with E-state index in [4.69, 9.17) is 4.74 Å². The summed E-state index contributed by atoms with van der Waals surface area (Å²) in [5.41, 5.74) is 4.02. The summed E-state index contributed by atoms with van der Waals surface area (Å²) in [5, 5.41) is 0.928. The first-order valence-electron chi connectivity index (χ1n) is 11.2. The maximum Gasteiger partial charge on any atom is 0.262 e. The SMILES string of the molecule is COc1ncc(-c2ccc3ncc4c(c3c2)C2(CC2)C(=O)N4C)cc1NS(=O)(=O)c1ccccc1. The smallest absolute Gasteiger partial charge is 0.262 e. The fraction of sp³-hybridized carbons (Fsp3) is 0.192. The Labute approximate surface area is 202 Å². The Morgan fingerprint density at radius 3 is 2.49 bits per heavy atom. The molecule has 1 N–H and O–H groups in total. The van der Waals surface area contributed by atoms with Crippen molar-refractivity contribution in [1.29, 1.82) is 0 Å². The van der Waals surface area contributed by atoms with E-state index in [1.165, 1.54) is 19.2 Å². The summed E-state index contributed by atoms with van der Waals surface area (Å²) in [7, 11) is -0.594. The van der Waals surface area contributed by atoms with Gasteiger partial charge in [-0.05, 0) is 48.7 Å². The van der Waals surface area contributed by atoms with Gasteiger partial charge in [-0.1, -0.05) is 24.3 Å². The Kier molecular flexibility index (Phi) is 4.62. The molecule has 1 aliphatic heterocycles. The van der Waals surface area contributed by atoms with Crippen LogP contribution in [0.3, 0.4) is 0 Å². The number of carbonyl (C=O) groups excluding carboxylic acids is 1. The van der Waals surface area contributed by atoms with Gasteiger partial charge in [0.25, 0.3) is 10.0 Å². The molecule has 2 aliphatic rings. The number of carbonyl (C=O) groups is 1. The van der Waals surface area contributed by atoms with Gasteiger partial charge in [0, 0.05) is 29.8 Å². The van der Waals surface area contributed by atoms with Crippen LogP contribution in [0.4, 0.5) is 11.4 Å². The van der Waals surface area contributed by atoms with Crippen molar-refractivity contribution in [2.45, 2.75) is 23.2 Å². The summed E-state index contributed by atoms with van der Waals surface area (Å²) in [6.07, 6.45) is 5.08. The molecule has 1 spiro atoms. The first kappa shape index (κ1) is 21.5. The number of nitrogens with one attached hydrogen (secondary N) is 1. The monoisotopic (exact) mass is 486 g/mol. The highest BCUT2D eigenvalue weighted by atomic mass is 32.2. The number of hydrogen-bond donors (Lipinski definition) is 1. The molecule has 3 heterocycles. The van der Waals surface area contributed by atoms with E-state index in [1.54, 1.807) is 48.6 Å². The zero-order chi connectivity index (χ0) is 24.4. The fourth-order valence-electron chi connectivity index (χ4n) is 4.89. The molecule has 1 amide bonds. The topological polar surface area (TPSA) is 101 Å². The van der Waals surface area contributed by atoms with Gasteiger partial charge >= 0.3 is 0 Å². The van der Waals surface area contributed by atoms with Crippen molar-refractivity contribution in [3.63, 3.8) is 0 Å². The Bertz CT molecular complexity index is 1620. The quantitative estimate of drug-likeness (QED) is 0.456. The van der Waals surface area contributed by atoms with E-state index in [1.807, 2.05) is 18.2 Å². The highest BCUT2D eigenvalue weighted by Gasteiger charge is 2.59. The maximum atomic E-state index is 12.9. The molecule has 0 radical (unpaired) electrons. The maximum absolute atomic E-state index is 12.9. The molecule has 0 saturated heterocycles. The van der Waals surface area contributed by atoms with Crippen molar-refractivity contribution in [2.24, 2.45) is 0 Å². The number of aromatic nitrogens is 2. The average Bonchev–Trinajstić information content (AvgIpc) is 3.65. The molecule has 2 aromatic heterocycles. The molecule has 1 saturated carbocycles. The number of benzene rings is 2. The van der Waals surface area contributed by atoms with Crippen LogP contribution in [0, 0.1) is 0 Å². The van der Waals surface area contributed by atoms with Gasteiger partial charge < -0.3 is 9.64 Å². The van der Waals surface area contributed by atoms with Crippen molar-refractivity contribution >= 4 is 38.2 Å². The molecule has 0 bridgehead atoms. The minimum atomic E-state index is -3.83. The standard InChI is InChI=1S/C26H22N4O4S/c1-30-22-15-27-20-9-8-16(12-19(20)23(22)26(10-11-26)25(30)31)17-13-21(24(34-2)28-14-17)29-35(32,33)18-6-4-3-5-7-18/h3-9,12-15,29H,10-11H2,1-2H3. The van der Waals surface area contributed by atoms with Crippen LogP contribution in [0.25, 0.3) is 22.0 Å². The number of amides is 1. The summed E-state index contributed by atoms with van der Waals surface area (Å²) in [6, 6.07) is 15.7. The number of likely N-dealkylation sites (N-methyl/N-ethyl adjacent to an activating group) is 1. The van der Waals surface area contributed by atoms with Gasteiger partial charge in [-0.25, -0.2) is 13.4 Å². The van der Waals surface area contributed by atoms with Crippen molar-refractivity contribution < 1.29 is 17.9 Å². The molecular formula is C26H22N4O4S. The zero-order valence-corrected chi connectivity index (χ0v) is 20.0. The second-order valence-electron chi connectivity index (χ2n) is 8.90. The second-order valence-corrected chi connectivity index (χ2v) is 10.6. The van der Waals surface area contributed by atoms with Crippen LogP contribution in [0.2, 0.25) is 0 Å². The summed E-state index contributed by atoms with van der Waals surface area (Å²) in [4.78, 5) is 23.7. The van der Waals surface area contributed by atoms with E-state index in [-0.39, 0.29) is 22.4 Å². The van der Waals surface area contributed by atoms with Crippen LogP contribution < -0.4 is 14.4 Å². The van der Waals surface area contributed by atoms with Gasteiger partial charge in [0.05, 0.1) is 34.8 Å². The third-order valence-corrected chi connectivity index (χ3v) is 8.21. The minimum absolute atomic E-state index is 0.121. The first-order valence-corrected chi connectivity index (χ1v) is 12.7. The molecule has 35 heavy (non-hydrogen) atoms. The molecule has 176 valence electrons. The summed E-state index contributed by atoms with van der Waals surface area (Å²) < 4.78 is 33.8. The number of hydrogen-bond acceptors (Lipinski definition) is 6. The van der Waals surface area contributed by atoms with Gasteiger partial charge in [0.1, 0.15) is 5.69 Å². The summed E-state index contributed by atoms with van der Waals surface area (Å²) in [6.45, 7) is 0. The molecule has 1 aliphatic carbocycles. The van der Waals surface area contributed by atoms with Crippen LogP contribution in [0.5, 0.6) is 5.88 Å². The molecule has 0 atom stereocenters. The number of fused-ring (bicyclic) bond motifs is 4. The number of ether oxygens (including phenoxy) is 1. The molecule has 8 nitrogen and oxygen atoms in total. The van der Waals surface area contributed by atoms with E-state index >= 15 is 0 Å². The predicted octanol–water partition coefficient (Wildman–Crippen LogP) is 4.11. The van der Waals surface area contributed by atoms with E-state index in [0.29, 0.717) is 5.56 Å². The van der Waals surface area contributed by atoms with Crippen LogP contribution in [0.15, 0.2) is 71.9 Å². The number of methoxy groups -OCH3 is 1. The third kappa shape index (κ3) is 3.26. The van der Waals surface area contributed by atoms with E-state index < -0.39 is 15.4 Å². The lowest BCUT2D eigenvalue weighted by Crippen LogP contribution is -2.28. The van der Waals surface area contributed by atoms with Crippen molar-refractivity contribution in [3.05, 3.63) is 72.6 Å². The van der Waals surface area contributed by atoms with Gasteiger partial charge in [-0.3, -0.25) is 14.5 Å². The first-order chi connectivity index (χ1) is 16.8. The molecule has 1 fully saturated rings. The molecule has 9 heteroatoms. The van der Waals surface area contributed by atoms with E-state index in [0.717, 1.165) is 40.6 Å². The number of anilines is 2. The summed E-state index contributed by atoms with van der Waals surface area (Å²) in [5.74, 6) is 0.289. The molecule has 0 unspecified atom stereocenters. The van der Waals surface area contributed by atoms with Crippen molar-refractivity contribution in [1.82, 2.24) is 9.97 Å². The average molecular weight is 487 g/mol. The zero-order valence-electron chi connectivity index (χ0n) is 19.1. The van der Waals surface area contributed by atoms with Crippen LogP contribution in [-0.4, -0.2) is 38.5 Å². The van der Waals surface area contributed by atoms with Gasteiger partial charge in [-0.2, -0.15) is 0 Å². The van der Waals surface area contributed by atoms with Crippen LogP contribution >= 0.6 is 0 Å². The number of nitrogens with zero attached hydrogens (tertiary/aromatic N) is 3. The lowest BCUT2D eigenvalue weighted by atomic mass is 9.92. The Hall–Kier alpha value is -3.98. The predicted molar refractivity (Wildman–Crippen MR) is 133 cm³/mol. The number of pyridine rings is 2. The van der Waals surface area contributed by atoms with Gasteiger partial charge in [0.15, 0.2) is 0 Å². The Morgan fingerprint density at radius 2 is 1.77 bits per heavy atom. The lowest BCUT2D eigenvalue weighted by molar-refractivity contribution is -0.119. The summed E-state index contributed by atoms with van der Waals surface area (Å²) >= 11 is 0. The highest BCUT2D eigenvalue weighted by molar-refractivity contribution is 7.92. The van der Waals surface area contributed by atoms with Gasteiger partial charge in [-0.15, -0.1) is 0 Å². The van der Waals surface area contributed by atoms with E-state index in [9.17, 15) is 13.2 Å². The Morgan fingerprint density at radius 1 is 1.00 bits per heavy atom. The van der Waals surface area contributed by atoms with Crippen molar-refractivity contribution in [2.75, 3.05) is 23.8 Å². The Balaban J connectivity index is 1.45. The van der Waals surface area contributed by atoms with Crippen LogP contribution in [0.1, 0.15) is 18.4 Å². The second kappa shape index (κ2) is 7.51. The lowest BCUT2D eigenvalue weighted by Gasteiger charge is -2.14. The molecule has 2 aromatic carbocycles. The minimum Gasteiger partial charge on any atom is -0.480 e. The van der Waals surface area contributed by atoms with Crippen LogP contribution in [-0.2, 0) is 20.2 Å². The van der Waals surface area contributed by atoms with E-state index in [2.05, 4.69) is 14.7 Å². The molecule has 6 rings (SSSR count). The normalized spacial score (nSPS) is 15.9. The highest BCUT2D eigenvalue weighted by Crippen LogP contribution is 2.58. The molecule has 4 aromatic rings.